The van der Waals surface area contributed by atoms with E-state index in [0.717, 1.165) is 18.9 Å². The first-order valence-electron chi connectivity index (χ1n) is 10.3. The second-order valence-corrected chi connectivity index (χ2v) is 11.2. The summed E-state index contributed by atoms with van der Waals surface area (Å²) in [6, 6.07) is 0.884. The Morgan fingerprint density at radius 3 is 1.73 bits per heavy atom. The van der Waals surface area contributed by atoms with E-state index < -0.39 is 8.80 Å². The highest BCUT2D eigenvalue weighted by molar-refractivity contribution is 6.60. The van der Waals surface area contributed by atoms with Crippen molar-refractivity contribution >= 4 is 21.2 Å². The molecule has 0 aliphatic rings. The quantitative estimate of drug-likeness (QED) is 0.237. The molecule has 0 rings (SSSR count). The molecular formula is C20H46ClNO3Si. The van der Waals surface area contributed by atoms with Crippen LogP contribution in [0, 0.1) is 5.92 Å². The molecule has 0 aliphatic carbocycles. The highest BCUT2D eigenvalue weighted by atomic mass is 35.5. The molecule has 1 unspecified atom stereocenters. The molecule has 0 aromatic rings. The molecule has 26 heavy (non-hydrogen) atoms. The van der Waals surface area contributed by atoms with E-state index in [2.05, 4.69) is 20.8 Å². The first-order valence-corrected chi connectivity index (χ1v) is 12.2. The van der Waals surface area contributed by atoms with Gasteiger partial charge in [-0.2, -0.15) is 0 Å². The molecule has 0 bridgehead atoms. The van der Waals surface area contributed by atoms with Crippen LogP contribution >= 0.6 is 12.4 Å². The minimum Gasteiger partial charge on any atom is -0.377 e. The second-order valence-electron chi connectivity index (χ2n) is 8.16. The monoisotopic (exact) mass is 411 g/mol. The molecular weight excluding hydrogens is 366 g/mol. The average molecular weight is 412 g/mol. The maximum atomic E-state index is 6.29. The van der Waals surface area contributed by atoms with Crippen molar-refractivity contribution in [3.63, 3.8) is 0 Å². The van der Waals surface area contributed by atoms with Crippen molar-refractivity contribution in [2.24, 2.45) is 11.7 Å². The van der Waals surface area contributed by atoms with Gasteiger partial charge >= 0.3 is 8.80 Å². The molecule has 0 aliphatic heterocycles. The van der Waals surface area contributed by atoms with Crippen molar-refractivity contribution in [1.29, 1.82) is 0 Å². The van der Waals surface area contributed by atoms with Crippen LogP contribution < -0.4 is 5.73 Å². The summed E-state index contributed by atoms with van der Waals surface area (Å²) < 4.78 is 16.6. The van der Waals surface area contributed by atoms with Crippen molar-refractivity contribution in [3.05, 3.63) is 0 Å². The first kappa shape index (κ1) is 28.6. The SMILES string of the molecule is CCCCCCCCCC(CCC[Si](OC)(OC)OC)CC(C)(C)N.Cl. The summed E-state index contributed by atoms with van der Waals surface area (Å²) >= 11 is 0. The molecule has 1 atom stereocenters. The molecule has 4 nitrogen and oxygen atoms in total. The van der Waals surface area contributed by atoms with Crippen LogP contribution in [0.4, 0.5) is 0 Å². The maximum Gasteiger partial charge on any atom is 0.500 e. The Morgan fingerprint density at radius 1 is 0.808 bits per heavy atom. The molecule has 6 heteroatoms. The van der Waals surface area contributed by atoms with Gasteiger partial charge in [0.05, 0.1) is 0 Å². The second kappa shape index (κ2) is 16.3. The zero-order valence-electron chi connectivity index (χ0n) is 18.3. The number of hydrogen-bond donors (Lipinski definition) is 1. The van der Waals surface area contributed by atoms with Gasteiger partial charge in [-0.15, -0.1) is 12.4 Å². The van der Waals surface area contributed by atoms with Gasteiger partial charge in [0.1, 0.15) is 0 Å². The maximum absolute atomic E-state index is 6.29. The molecule has 0 radical (unpaired) electrons. The van der Waals surface area contributed by atoms with E-state index in [4.69, 9.17) is 19.0 Å². The molecule has 2 N–H and O–H groups in total. The van der Waals surface area contributed by atoms with Crippen LogP contribution in [0.25, 0.3) is 0 Å². The Labute approximate surface area is 170 Å². The summed E-state index contributed by atoms with van der Waals surface area (Å²) in [5, 5.41) is 0. The Morgan fingerprint density at radius 2 is 1.27 bits per heavy atom. The molecule has 0 amide bonds. The first-order chi connectivity index (χ1) is 11.8. The summed E-state index contributed by atoms with van der Waals surface area (Å²) in [6.07, 6.45) is 14.2. The van der Waals surface area contributed by atoms with Gasteiger partial charge in [-0.3, -0.25) is 0 Å². The molecule has 0 aromatic heterocycles. The average Bonchev–Trinajstić information content (AvgIpc) is 2.57. The van der Waals surface area contributed by atoms with Gasteiger partial charge in [-0.25, -0.2) is 0 Å². The van der Waals surface area contributed by atoms with Crippen LogP contribution in [-0.4, -0.2) is 35.7 Å². The van der Waals surface area contributed by atoms with Gasteiger partial charge in [0.15, 0.2) is 0 Å². The topological polar surface area (TPSA) is 53.7 Å². The van der Waals surface area contributed by atoms with Crippen LogP contribution in [0.1, 0.15) is 91.4 Å². The van der Waals surface area contributed by atoms with E-state index >= 15 is 0 Å². The number of halogens is 1. The zero-order valence-corrected chi connectivity index (χ0v) is 20.1. The van der Waals surface area contributed by atoms with Crippen molar-refractivity contribution < 1.29 is 13.3 Å². The number of rotatable bonds is 17. The Hall–Kier alpha value is 0.347. The highest BCUT2D eigenvalue weighted by Gasteiger charge is 2.37. The van der Waals surface area contributed by atoms with E-state index in [9.17, 15) is 0 Å². The van der Waals surface area contributed by atoms with Crippen molar-refractivity contribution in [2.75, 3.05) is 21.3 Å². The van der Waals surface area contributed by atoms with Gasteiger partial charge in [0.25, 0.3) is 0 Å². The van der Waals surface area contributed by atoms with E-state index in [-0.39, 0.29) is 17.9 Å². The molecule has 0 saturated heterocycles. The minimum atomic E-state index is -2.43. The lowest BCUT2D eigenvalue weighted by molar-refractivity contribution is 0.122. The molecule has 0 aromatic carbocycles. The Balaban J connectivity index is 0. The standard InChI is InChI=1S/C20H45NO3Si.ClH/c1-7-8-9-10-11-12-13-15-19(18-20(2,3)21)16-14-17-25(22-4,23-5)24-6;/h19H,7-18,21H2,1-6H3;1H. The lowest BCUT2D eigenvalue weighted by atomic mass is 9.85. The van der Waals surface area contributed by atoms with Gasteiger partial charge < -0.3 is 19.0 Å². The largest absolute Gasteiger partial charge is 0.500 e. The highest BCUT2D eigenvalue weighted by Crippen LogP contribution is 2.27. The number of unbranched alkanes of at least 4 members (excludes halogenated alkanes) is 6. The summed E-state index contributed by atoms with van der Waals surface area (Å²) in [5.41, 5.74) is 6.20. The van der Waals surface area contributed by atoms with E-state index in [1.165, 1.54) is 57.8 Å². The predicted molar refractivity (Wildman–Crippen MR) is 117 cm³/mol. The lowest BCUT2D eigenvalue weighted by Crippen LogP contribution is -2.42. The molecule has 160 valence electrons. The fraction of sp³-hybridized carbons (Fsp3) is 1.00. The molecule has 0 heterocycles. The lowest BCUT2D eigenvalue weighted by Gasteiger charge is -2.28. The Bertz CT molecular complexity index is 302. The third-order valence-electron chi connectivity index (χ3n) is 5.06. The normalized spacial score (nSPS) is 13.5. The molecule has 0 spiro atoms. The van der Waals surface area contributed by atoms with E-state index in [0.29, 0.717) is 5.92 Å². The van der Waals surface area contributed by atoms with Crippen LogP contribution in [0.15, 0.2) is 0 Å². The summed E-state index contributed by atoms with van der Waals surface area (Å²) in [5.74, 6) is 0.688. The minimum absolute atomic E-state index is 0. The molecule has 0 fully saturated rings. The van der Waals surface area contributed by atoms with Crippen LogP contribution in [0.5, 0.6) is 0 Å². The summed E-state index contributed by atoms with van der Waals surface area (Å²) in [4.78, 5) is 0. The zero-order chi connectivity index (χ0) is 19.2. The van der Waals surface area contributed by atoms with Gasteiger partial charge in [-0.05, 0) is 32.6 Å². The summed E-state index contributed by atoms with van der Waals surface area (Å²) in [6.45, 7) is 6.56. The van der Waals surface area contributed by atoms with Crippen LogP contribution in [0.2, 0.25) is 6.04 Å². The van der Waals surface area contributed by atoms with Crippen molar-refractivity contribution in [3.8, 4) is 0 Å². The third kappa shape index (κ3) is 14.4. The van der Waals surface area contributed by atoms with E-state index in [1.54, 1.807) is 21.3 Å². The fourth-order valence-corrected chi connectivity index (χ4v) is 5.40. The smallest absolute Gasteiger partial charge is 0.377 e. The third-order valence-corrected chi connectivity index (χ3v) is 7.89. The predicted octanol–water partition coefficient (Wildman–Crippen LogP) is 5.95. The van der Waals surface area contributed by atoms with Crippen molar-refractivity contribution in [2.45, 2.75) is 103 Å². The van der Waals surface area contributed by atoms with Crippen LogP contribution in [-0.2, 0) is 13.3 Å². The van der Waals surface area contributed by atoms with Crippen LogP contribution in [0.3, 0.4) is 0 Å². The molecule has 0 saturated carbocycles. The van der Waals surface area contributed by atoms with Gasteiger partial charge in [0, 0.05) is 32.9 Å². The Kier molecular flexibility index (Phi) is 17.9. The van der Waals surface area contributed by atoms with Gasteiger partial charge in [-0.1, -0.05) is 64.7 Å². The van der Waals surface area contributed by atoms with E-state index in [1.807, 2.05) is 0 Å². The summed E-state index contributed by atoms with van der Waals surface area (Å²) in [7, 11) is 2.65. The van der Waals surface area contributed by atoms with Gasteiger partial charge in [0.2, 0.25) is 0 Å². The van der Waals surface area contributed by atoms with Crippen molar-refractivity contribution in [1.82, 2.24) is 0 Å². The number of nitrogens with two attached hydrogens (primary N) is 1. The number of hydrogen-bond acceptors (Lipinski definition) is 4. The fourth-order valence-electron chi connectivity index (χ4n) is 3.65.